The van der Waals surface area contributed by atoms with Crippen LogP contribution in [0.25, 0.3) is 0 Å². The first kappa shape index (κ1) is 21.8. The van der Waals surface area contributed by atoms with Gasteiger partial charge in [0.05, 0.1) is 15.5 Å². The highest BCUT2D eigenvalue weighted by atomic mass is 32.2. The maximum absolute atomic E-state index is 12.6. The van der Waals surface area contributed by atoms with Crippen molar-refractivity contribution < 1.29 is 31.0 Å². The van der Waals surface area contributed by atoms with Crippen molar-refractivity contribution in [2.45, 2.75) is 29.1 Å². The first-order valence-corrected chi connectivity index (χ1v) is 13.0. The average molecular weight is 466 g/mol. The van der Waals surface area contributed by atoms with Gasteiger partial charge in [0.15, 0.2) is 21.3 Å². The van der Waals surface area contributed by atoms with Gasteiger partial charge in [0.1, 0.15) is 0 Å². The number of benzene rings is 2. The second kappa shape index (κ2) is 8.97. The van der Waals surface area contributed by atoms with Crippen LogP contribution in [0.1, 0.15) is 18.4 Å². The van der Waals surface area contributed by atoms with E-state index >= 15 is 0 Å². The van der Waals surface area contributed by atoms with Crippen LogP contribution in [0.15, 0.2) is 56.7 Å². The van der Waals surface area contributed by atoms with E-state index in [4.69, 9.17) is 14.2 Å². The summed E-state index contributed by atoms with van der Waals surface area (Å²) in [5.74, 6) is 1.37. The van der Waals surface area contributed by atoms with E-state index in [1.165, 1.54) is 30.5 Å². The molecule has 2 aromatic carbocycles. The Morgan fingerprint density at radius 3 is 2.32 bits per heavy atom. The molecule has 8 nitrogen and oxygen atoms in total. The molecule has 0 radical (unpaired) electrons. The van der Waals surface area contributed by atoms with E-state index in [1.54, 1.807) is 12.1 Å². The normalized spacial score (nSPS) is 17.3. The molecule has 0 amide bonds. The van der Waals surface area contributed by atoms with Gasteiger partial charge in [-0.1, -0.05) is 6.07 Å². The van der Waals surface area contributed by atoms with Gasteiger partial charge in [0, 0.05) is 25.8 Å². The van der Waals surface area contributed by atoms with Crippen LogP contribution in [0, 0.1) is 5.92 Å². The number of ether oxygens (including phenoxy) is 3. The molecular formula is C21H23NO7S2. The topological polar surface area (TPSA) is 108 Å². The van der Waals surface area contributed by atoms with Crippen LogP contribution in [-0.4, -0.2) is 48.8 Å². The molecule has 0 unspecified atom stereocenters. The van der Waals surface area contributed by atoms with Crippen LogP contribution in [0.5, 0.6) is 11.5 Å². The lowest BCUT2D eigenvalue weighted by atomic mass is 10.0. The van der Waals surface area contributed by atoms with Gasteiger partial charge in [-0.05, 0) is 60.7 Å². The summed E-state index contributed by atoms with van der Waals surface area (Å²) in [7, 11) is -7.42. The Morgan fingerprint density at radius 1 is 0.903 bits per heavy atom. The Kier molecular flexibility index (Phi) is 6.31. The lowest BCUT2D eigenvalue weighted by Gasteiger charge is -2.21. The first-order valence-electron chi connectivity index (χ1n) is 9.91. The number of sulfonamides is 1. The van der Waals surface area contributed by atoms with Crippen molar-refractivity contribution in [3.8, 4) is 11.5 Å². The SMILES string of the molecule is O=S(=O)(CC1CCOCC1)c1ccc(S(=O)(=O)/N=C/Cc2ccc3c(c2)OCO3)cc1. The van der Waals surface area contributed by atoms with E-state index in [0.717, 1.165) is 5.56 Å². The van der Waals surface area contributed by atoms with Gasteiger partial charge in [0.25, 0.3) is 10.0 Å². The van der Waals surface area contributed by atoms with Crippen LogP contribution in [0.4, 0.5) is 0 Å². The highest BCUT2D eigenvalue weighted by molar-refractivity contribution is 7.91. The van der Waals surface area contributed by atoms with Crippen molar-refractivity contribution in [2.75, 3.05) is 25.8 Å². The molecule has 0 saturated carbocycles. The van der Waals surface area contributed by atoms with Crippen LogP contribution in [0.2, 0.25) is 0 Å². The minimum absolute atomic E-state index is 0.0378. The predicted molar refractivity (Wildman–Crippen MR) is 114 cm³/mol. The van der Waals surface area contributed by atoms with E-state index in [1.807, 2.05) is 6.07 Å². The molecule has 4 rings (SSSR count). The largest absolute Gasteiger partial charge is 0.454 e. The van der Waals surface area contributed by atoms with E-state index in [-0.39, 0.29) is 28.3 Å². The zero-order valence-electron chi connectivity index (χ0n) is 16.8. The summed E-state index contributed by atoms with van der Waals surface area (Å²) >= 11 is 0. The van der Waals surface area contributed by atoms with Crippen LogP contribution < -0.4 is 9.47 Å². The van der Waals surface area contributed by atoms with Gasteiger partial charge >= 0.3 is 0 Å². The Hall–Kier alpha value is -2.43. The Morgan fingerprint density at radius 2 is 1.58 bits per heavy atom. The van der Waals surface area contributed by atoms with Gasteiger partial charge in [-0.3, -0.25) is 0 Å². The number of nitrogens with zero attached hydrogens (tertiary/aromatic N) is 1. The fraction of sp³-hybridized carbons (Fsp3) is 0.381. The monoisotopic (exact) mass is 465 g/mol. The summed E-state index contributed by atoms with van der Waals surface area (Å²) in [4.78, 5) is 0.0572. The molecule has 31 heavy (non-hydrogen) atoms. The van der Waals surface area contributed by atoms with Crippen LogP contribution in [-0.2, 0) is 31.0 Å². The molecule has 0 aliphatic carbocycles. The van der Waals surface area contributed by atoms with E-state index in [2.05, 4.69) is 4.40 Å². The molecule has 2 aliphatic heterocycles. The summed E-state index contributed by atoms with van der Waals surface area (Å²) in [6.45, 7) is 1.31. The molecule has 0 aromatic heterocycles. The standard InChI is InChI=1S/C21H23NO7S2/c23-30(24,14-17-8-11-27-12-9-17)18-2-4-19(5-3-18)31(25,26)22-10-7-16-1-6-20-21(13-16)29-15-28-20/h1-6,10,13,17H,7-9,11-12,14-15H2/b22-10+. The smallest absolute Gasteiger partial charge is 0.281 e. The van der Waals surface area contributed by atoms with Crippen molar-refractivity contribution in [3.63, 3.8) is 0 Å². The molecule has 0 atom stereocenters. The molecule has 10 heteroatoms. The Labute approximate surface area is 181 Å². The number of sulfone groups is 1. The van der Waals surface area contributed by atoms with Crippen molar-refractivity contribution in [1.29, 1.82) is 0 Å². The zero-order chi connectivity index (χ0) is 21.9. The lowest BCUT2D eigenvalue weighted by Crippen LogP contribution is -2.23. The highest BCUT2D eigenvalue weighted by Gasteiger charge is 2.24. The summed E-state index contributed by atoms with van der Waals surface area (Å²) in [6, 6.07) is 10.6. The molecular weight excluding hydrogens is 442 g/mol. The van der Waals surface area contributed by atoms with Crippen molar-refractivity contribution >= 4 is 26.1 Å². The summed E-state index contributed by atoms with van der Waals surface area (Å²) < 4.78 is 69.8. The van der Waals surface area contributed by atoms with Crippen molar-refractivity contribution in [1.82, 2.24) is 0 Å². The van der Waals surface area contributed by atoms with E-state index < -0.39 is 19.9 Å². The highest BCUT2D eigenvalue weighted by Crippen LogP contribution is 2.32. The van der Waals surface area contributed by atoms with Crippen LogP contribution in [0.3, 0.4) is 0 Å². The lowest BCUT2D eigenvalue weighted by molar-refractivity contribution is 0.0723. The third-order valence-corrected chi connectivity index (χ3v) is 8.45. The number of hydrogen-bond donors (Lipinski definition) is 0. The maximum Gasteiger partial charge on any atom is 0.281 e. The maximum atomic E-state index is 12.6. The third kappa shape index (κ3) is 5.25. The fourth-order valence-electron chi connectivity index (χ4n) is 3.51. The van der Waals surface area contributed by atoms with Crippen molar-refractivity contribution in [2.24, 2.45) is 10.3 Å². The quantitative estimate of drug-likeness (QED) is 0.578. The Balaban J connectivity index is 1.41. The number of rotatable bonds is 7. The first-order chi connectivity index (χ1) is 14.8. The average Bonchev–Trinajstić information content (AvgIpc) is 3.22. The minimum Gasteiger partial charge on any atom is -0.454 e. The molecule has 0 N–H and O–H groups in total. The second-order valence-electron chi connectivity index (χ2n) is 7.46. The fourth-order valence-corrected chi connectivity index (χ4v) is 6.08. The predicted octanol–water partition coefficient (Wildman–Crippen LogP) is 2.62. The zero-order valence-corrected chi connectivity index (χ0v) is 18.4. The van der Waals surface area contributed by atoms with Crippen molar-refractivity contribution in [3.05, 3.63) is 48.0 Å². The van der Waals surface area contributed by atoms with Crippen LogP contribution >= 0.6 is 0 Å². The summed E-state index contributed by atoms with van der Waals surface area (Å²) in [6.07, 6.45) is 3.03. The van der Waals surface area contributed by atoms with Gasteiger partial charge < -0.3 is 14.2 Å². The molecule has 1 fully saturated rings. The van der Waals surface area contributed by atoms with Gasteiger partial charge in [-0.25, -0.2) is 8.42 Å². The van der Waals surface area contributed by atoms with Gasteiger partial charge in [-0.15, -0.1) is 0 Å². The molecule has 1 saturated heterocycles. The molecule has 2 heterocycles. The minimum atomic E-state index is -3.93. The van der Waals surface area contributed by atoms with Gasteiger partial charge in [0.2, 0.25) is 6.79 Å². The molecule has 2 aromatic rings. The molecule has 0 bridgehead atoms. The Bertz CT molecular complexity index is 1170. The summed E-state index contributed by atoms with van der Waals surface area (Å²) in [5, 5.41) is 0. The molecule has 0 spiro atoms. The second-order valence-corrected chi connectivity index (χ2v) is 11.1. The van der Waals surface area contributed by atoms with E-state index in [9.17, 15) is 16.8 Å². The molecule has 166 valence electrons. The number of hydrogen-bond acceptors (Lipinski definition) is 7. The third-order valence-electron chi connectivity index (χ3n) is 5.25. The molecule has 2 aliphatic rings. The van der Waals surface area contributed by atoms with E-state index in [0.29, 0.717) is 44.0 Å². The number of fused-ring (bicyclic) bond motifs is 1. The summed E-state index contributed by atoms with van der Waals surface area (Å²) in [5.41, 5.74) is 0.831. The van der Waals surface area contributed by atoms with Gasteiger partial charge in [-0.2, -0.15) is 12.8 Å².